The molecule has 208 valence electrons. The SMILES string of the molecule is Cc1ncsc1-c1ccc([C@H](CO)NC(=O)[C@@H]2C[C@@H](O)CN2C(=O)[C@@H](NC(=O)C(C)(C)C)C(C)(C)C)cc1. The Morgan fingerprint density at radius 3 is 2.24 bits per heavy atom. The van der Waals surface area contributed by atoms with Crippen LogP contribution in [0.2, 0.25) is 0 Å². The van der Waals surface area contributed by atoms with Crippen molar-refractivity contribution in [1.82, 2.24) is 20.5 Å². The van der Waals surface area contributed by atoms with Gasteiger partial charge in [0, 0.05) is 18.4 Å². The van der Waals surface area contributed by atoms with Gasteiger partial charge in [-0.05, 0) is 23.5 Å². The van der Waals surface area contributed by atoms with Crippen LogP contribution in [-0.2, 0) is 14.4 Å². The number of β-amino-alcohol motifs (C(OH)–C–C–N with tert-alkyl or cyclic N) is 1. The van der Waals surface area contributed by atoms with Gasteiger partial charge in [0.25, 0.3) is 0 Å². The average Bonchev–Trinajstić information content (AvgIpc) is 3.44. The summed E-state index contributed by atoms with van der Waals surface area (Å²) in [5.41, 5.74) is 3.11. The molecule has 0 saturated carbocycles. The van der Waals surface area contributed by atoms with Crippen molar-refractivity contribution in [2.24, 2.45) is 10.8 Å². The van der Waals surface area contributed by atoms with Gasteiger partial charge >= 0.3 is 0 Å². The van der Waals surface area contributed by atoms with Crippen molar-refractivity contribution < 1.29 is 24.6 Å². The minimum atomic E-state index is -0.929. The van der Waals surface area contributed by atoms with Crippen LogP contribution >= 0.6 is 11.3 Å². The lowest BCUT2D eigenvalue weighted by atomic mass is 9.84. The van der Waals surface area contributed by atoms with Crippen molar-refractivity contribution in [2.75, 3.05) is 13.2 Å². The number of aliphatic hydroxyl groups is 2. The van der Waals surface area contributed by atoms with Crippen LogP contribution in [0, 0.1) is 17.8 Å². The molecular formula is C28H40N4O5S. The first kappa shape index (κ1) is 29.7. The van der Waals surface area contributed by atoms with E-state index >= 15 is 0 Å². The molecule has 3 amide bonds. The number of hydrogen-bond donors (Lipinski definition) is 4. The van der Waals surface area contributed by atoms with Gasteiger partial charge in [0.15, 0.2) is 0 Å². The lowest BCUT2D eigenvalue weighted by Gasteiger charge is -2.36. The molecule has 0 spiro atoms. The Balaban J connectivity index is 1.78. The number of rotatable bonds is 7. The van der Waals surface area contributed by atoms with E-state index in [1.807, 2.05) is 52.0 Å². The molecule has 9 nitrogen and oxygen atoms in total. The second kappa shape index (κ2) is 11.5. The van der Waals surface area contributed by atoms with Gasteiger partial charge in [-0.25, -0.2) is 4.98 Å². The quantitative estimate of drug-likeness (QED) is 0.424. The fraction of sp³-hybridized carbons (Fsp3) is 0.571. The standard InChI is InChI=1S/C28H40N4O5S/c1-16-22(38-15-29-16)18-10-8-17(9-11-18)20(14-33)30-24(35)21-12-19(34)13-32(21)25(36)23(27(2,3)4)31-26(37)28(5,6)7/h8-11,15,19-21,23,33-34H,12-14H2,1-7H3,(H,30,35)(H,31,37)/t19-,20+,21+,23-/m1/s1. The van der Waals surface area contributed by atoms with Gasteiger partial charge in [-0.3, -0.25) is 14.4 Å². The normalized spacial score (nSPS) is 19.7. The van der Waals surface area contributed by atoms with E-state index in [0.29, 0.717) is 5.56 Å². The van der Waals surface area contributed by atoms with Gasteiger partial charge in [0.2, 0.25) is 17.7 Å². The number of nitrogens with zero attached hydrogens (tertiary/aromatic N) is 2. The van der Waals surface area contributed by atoms with Crippen molar-refractivity contribution >= 4 is 29.1 Å². The number of carbonyl (C=O) groups is 3. The second-order valence-electron chi connectivity index (χ2n) is 12.1. The minimum absolute atomic E-state index is 0.0123. The number of amides is 3. The third-order valence-corrected chi connectivity index (χ3v) is 7.73. The van der Waals surface area contributed by atoms with Crippen LogP contribution in [0.25, 0.3) is 10.4 Å². The van der Waals surface area contributed by atoms with E-state index in [2.05, 4.69) is 15.6 Å². The molecule has 4 N–H and O–H groups in total. The number of likely N-dealkylation sites (tertiary alicyclic amines) is 1. The maximum atomic E-state index is 13.7. The first-order chi connectivity index (χ1) is 17.6. The molecule has 1 aromatic carbocycles. The third kappa shape index (κ3) is 6.78. The van der Waals surface area contributed by atoms with Crippen LogP contribution in [0.3, 0.4) is 0 Å². The largest absolute Gasteiger partial charge is 0.394 e. The van der Waals surface area contributed by atoms with Gasteiger partial charge < -0.3 is 25.7 Å². The second-order valence-corrected chi connectivity index (χ2v) is 12.9. The molecule has 1 aliphatic heterocycles. The van der Waals surface area contributed by atoms with Gasteiger partial charge in [0.1, 0.15) is 12.1 Å². The highest BCUT2D eigenvalue weighted by Crippen LogP contribution is 2.30. The highest BCUT2D eigenvalue weighted by molar-refractivity contribution is 7.13. The minimum Gasteiger partial charge on any atom is -0.394 e. The Labute approximate surface area is 228 Å². The summed E-state index contributed by atoms with van der Waals surface area (Å²) in [5.74, 6) is -1.16. The van der Waals surface area contributed by atoms with E-state index in [1.165, 1.54) is 4.90 Å². The van der Waals surface area contributed by atoms with Crippen LogP contribution in [-0.4, -0.2) is 69.2 Å². The lowest BCUT2D eigenvalue weighted by molar-refractivity contribution is -0.145. The molecule has 1 aliphatic rings. The summed E-state index contributed by atoms with van der Waals surface area (Å²) in [6.45, 7) is 12.4. The monoisotopic (exact) mass is 544 g/mol. The Morgan fingerprint density at radius 2 is 1.74 bits per heavy atom. The number of hydrogen-bond acceptors (Lipinski definition) is 7. The van der Waals surface area contributed by atoms with Crippen molar-refractivity contribution in [1.29, 1.82) is 0 Å². The lowest BCUT2D eigenvalue weighted by Crippen LogP contribution is -2.59. The number of thiazole rings is 1. The van der Waals surface area contributed by atoms with Crippen LogP contribution in [0.15, 0.2) is 29.8 Å². The van der Waals surface area contributed by atoms with E-state index in [4.69, 9.17) is 0 Å². The van der Waals surface area contributed by atoms with Crippen LogP contribution in [0.4, 0.5) is 0 Å². The number of benzene rings is 1. The van der Waals surface area contributed by atoms with E-state index in [9.17, 15) is 24.6 Å². The molecule has 2 heterocycles. The van der Waals surface area contributed by atoms with Crippen molar-refractivity contribution in [3.8, 4) is 10.4 Å². The van der Waals surface area contributed by atoms with Crippen molar-refractivity contribution in [3.63, 3.8) is 0 Å². The Bertz CT molecular complexity index is 1150. The summed E-state index contributed by atoms with van der Waals surface area (Å²) in [6, 6.07) is 5.04. The molecule has 0 bridgehead atoms. The van der Waals surface area contributed by atoms with Crippen LogP contribution in [0.5, 0.6) is 0 Å². The molecule has 0 aliphatic carbocycles. The number of carbonyl (C=O) groups excluding carboxylic acids is 3. The topological polar surface area (TPSA) is 132 Å². The summed E-state index contributed by atoms with van der Waals surface area (Å²) in [7, 11) is 0. The number of aliphatic hydroxyl groups excluding tert-OH is 2. The first-order valence-electron chi connectivity index (χ1n) is 12.8. The third-order valence-electron chi connectivity index (χ3n) is 6.75. The molecule has 4 atom stereocenters. The van der Waals surface area contributed by atoms with E-state index < -0.39 is 46.9 Å². The van der Waals surface area contributed by atoms with Crippen molar-refractivity contribution in [3.05, 3.63) is 41.0 Å². The highest BCUT2D eigenvalue weighted by Gasteiger charge is 2.45. The molecule has 1 fully saturated rings. The Morgan fingerprint density at radius 1 is 1.11 bits per heavy atom. The molecule has 1 aromatic heterocycles. The molecular weight excluding hydrogens is 504 g/mol. The summed E-state index contributed by atoms with van der Waals surface area (Å²) in [4.78, 5) is 46.5. The maximum absolute atomic E-state index is 13.7. The fourth-order valence-electron chi connectivity index (χ4n) is 4.42. The maximum Gasteiger partial charge on any atom is 0.246 e. The fourth-order valence-corrected chi connectivity index (χ4v) is 5.23. The first-order valence-corrected chi connectivity index (χ1v) is 13.7. The molecule has 0 radical (unpaired) electrons. The van der Waals surface area contributed by atoms with Gasteiger partial charge in [0.05, 0.1) is 34.8 Å². The zero-order valence-electron chi connectivity index (χ0n) is 23.2. The Kier molecular flexibility index (Phi) is 9.00. The van der Waals surface area contributed by atoms with Gasteiger partial charge in [-0.15, -0.1) is 11.3 Å². The molecule has 10 heteroatoms. The summed E-state index contributed by atoms with van der Waals surface area (Å²) < 4.78 is 0. The predicted octanol–water partition coefficient (Wildman–Crippen LogP) is 2.81. The summed E-state index contributed by atoms with van der Waals surface area (Å²) >= 11 is 1.54. The molecule has 2 aromatic rings. The van der Waals surface area contributed by atoms with Crippen molar-refractivity contribution in [2.45, 2.75) is 79.1 Å². The van der Waals surface area contributed by atoms with Gasteiger partial charge in [-0.2, -0.15) is 0 Å². The zero-order chi connectivity index (χ0) is 28.4. The summed E-state index contributed by atoms with van der Waals surface area (Å²) in [6.07, 6.45) is -0.799. The van der Waals surface area contributed by atoms with Crippen LogP contribution < -0.4 is 10.6 Å². The molecule has 38 heavy (non-hydrogen) atoms. The predicted molar refractivity (Wildman–Crippen MR) is 147 cm³/mol. The van der Waals surface area contributed by atoms with E-state index in [-0.39, 0.29) is 25.5 Å². The van der Waals surface area contributed by atoms with Crippen LogP contribution in [0.1, 0.15) is 65.3 Å². The molecule has 1 saturated heterocycles. The molecule has 3 rings (SSSR count). The van der Waals surface area contributed by atoms with E-state index in [0.717, 1.165) is 16.1 Å². The average molecular weight is 545 g/mol. The highest BCUT2D eigenvalue weighted by atomic mass is 32.1. The smallest absolute Gasteiger partial charge is 0.246 e. The van der Waals surface area contributed by atoms with E-state index in [1.54, 1.807) is 37.6 Å². The number of aromatic nitrogens is 1. The van der Waals surface area contributed by atoms with Gasteiger partial charge in [-0.1, -0.05) is 65.8 Å². The molecule has 0 unspecified atom stereocenters. The number of aryl methyl sites for hydroxylation is 1. The Hall–Kier alpha value is -2.82. The summed E-state index contributed by atoms with van der Waals surface area (Å²) in [5, 5.41) is 26.2. The zero-order valence-corrected chi connectivity index (χ0v) is 24.1. The number of nitrogens with one attached hydrogen (secondary N) is 2.